The number of aromatic nitrogens is 3. The molecule has 11 heteroatoms. The number of hydrogen-bond donors (Lipinski definition) is 3. The molecule has 1 fully saturated rings. The van der Waals surface area contributed by atoms with Gasteiger partial charge >= 0.3 is 0 Å². The van der Waals surface area contributed by atoms with E-state index in [1.54, 1.807) is 19.5 Å². The predicted molar refractivity (Wildman–Crippen MR) is 196 cm³/mol. The molecule has 1 amide bonds. The van der Waals surface area contributed by atoms with Crippen molar-refractivity contribution in [2.45, 2.75) is 13.0 Å². The average Bonchev–Trinajstić information content (AvgIpc) is 3.70. The first-order valence-corrected chi connectivity index (χ1v) is 16.8. The largest absolute Gasteiger partial charge is 0.497 e. The number of rotatable bonds is 8. The fourth-order valence-electron chi connectivity index (χ4n) is 6.39. The molecule has 1 saturated heterocycles. The predicted octanol–water partition coefficient (Wildman–Crippen LogP) is 8.94. The van der Waals surface area contributed by atoms with Crippen molar-refractivity contribution in [2.24, 2.45) is 0 Å². The summed E-state index contributed by atoms with van der Waals surface area (Å²) in [5.74, 6) is 0.330. The number of halogens is 3. The molecule has 0 radical (unpaired) electrons. The molecule has 48 heavy (non-hydrogen) atoms. The number of ether oxygens (including phenoxy) is 1. The van der Waals surface area contributed by atoms with Crippen LogP contribution in [-0.4, -0.2) is 53.7 Å². The zero-order valence-corrected chi connectivity index (χ0v) is 28.6. The molecule has 0 aliphatic carbocycles. The Morgan fingerprint density at radius 3 is 2.44 bits per heavy atom. The van der Waals surface area contributed by atoms with Gasteiger partial charge in [-0.15, -0.1) is 0 Å². The molecule has 1 aliphatic rings. The van der Waals surface area contributed by atoms with E-state index in [-0.39, 0.29) is 11.9 Å². The van der Waals surface area contributed by atoms with E-state index < -0.39 is 0 Å². The Bertz CT molecular complexity index is 2120. The second kappa shape index (κ2) is 13.6. The van der Waals surface area contributed by atoms with Gasteiger partial charge in [0.05, 0.1) is 42.2 Å². The van der Waals surface area contributed by atoms with Crippen LogP contribution in [0, 0.1) is 0 Å². The fourth-order valence-corrected chi connectivity index (χ4v) is 7.13. The van der Waals surface area contributed by atoms with Crippen molar-refractivity contribution in [3.63, 3.8) is 0 Å². The summed E-state index contributed by atoms with van der Waals surface area (Å²) in [5, 5.41) is 9.08. The molecule has 244 valence electrons. The molecule has 1 atom stereocenters. The van der Waals surface area contributed by atoms with Gasteiger partial charge in [0.1, 0.15) is 11.4 Å². The smallest absolute Gasteiger partial charge is 0.272 e. The Kier molecular flexibility index (Phi) is 9.07. The molecule has 4 aromatic carbocycles. The highest BCUT2D eigenvalue weighted by Crippen LogP contribution is 2.42. The Morgan fingerprint density at radius 1 is 0.938 bits per heavy atom. The van der Waals surface area contributed by atoms with Crippen LogP contribution < -0.4 is 20.3 Å². The maximum atomic E-state index is 14.6. The van der Waals surface area contributed by atoms with Gasteiger partial charge in [-0.3, -0.25) is 4.79 Å². The molecule has 1 aliphatic heterocycles. The third kappa shape index (κ3) is 6.13. The number of H-pyrrole nitrogens is 1. The lowest BCUT2D eigenvalue weighted by molar-refractivity contribution is 0.102. The highest BCUT2D eigenvalue weighted by Gasteiger charge is 2.29. The van der Waals surface area contributed by atoms with E-state index in [1.165, 1.54) is 0 Å². The first-order valence-electron chi connectivity index (χ1n) is 15.7. The SMILES string of the molecule is COc1ccc(N2CCNCC2)c(NC(=O)c2[nH]c3cc(Cl)ccc3c2-c2c(-c3ccccc3)ncn2[C@@H](C)c2ccc(Cl)cc2Cl)c1. The number of hydrogen-bond acceptors (Lipinski definition) is 5. The number of nitrogens with one attached hydrogen (secondary N) is 3. The van der Waals surface area contributed by atoms with Gasteiger partial charge in [-0.2, -0.15) is 0 Å². The molecule has 0 unspecified atom stereocenters. The van der Waals surface area contributed by atoms with Gasteiger partial charge in [-0.25, -0.2) is 4.98 Å². The van der Waals surface area contributed by atoms with Crippen LogP contribution in [0.5, 0.6) is 5.75 Å². The maximum absolute atomic E-state index is 14.6. The van der Waals surface area contributed by atoms with E-state index in [0.29, 0.717) is 37.8 Å². The monoisotopic (exact) mass is 698 g/mol. The molecule has 0 saturated carbocycles. The van der Waals surface area contributed by atoms with Gasteiger partial charge in [0.15, 0.2) is 0 Å². The number of imidazole rings is 1. The van der Waals surface area contributed by atoms with Gasteiger partial charge in [-0.05, 0) is 48.9 Å². The third-order valence-corrected chi connectivity index (χ3v) is 9.60. The first kappa shape index (κ1) is 32.1. The molecule has 7 rings (SSSR count). The summed E-state index contributed by atoms with van der Waals surface area (Å²) in [6.07, 6.45) is 1.80. The van der Waals surface area contributed by atoms with E-state index in [9.17, 15) is 4.79 Å². The summed E-state index contributed by atoms with van der Waals surface area (Å²) in [6.45, 7) is 5.39. The molecular formula is C37H33Cl3N6O2. The van der Waals surface area contributed by atoms with Crippen LogP contribution in [0.2, 0.25) is 15.1 Å². The van der Waals surface area contributed by atoms with Crippen LogP contribution in [0.25, 0.3) is 33.4 Å². The van der Waals surface area contributed by atoms with Crippen molar-refractivity contribution in [3.05, 3.63) is 118 Å². The van der Waals surface area contributed by atoms with Gasteiger partial charge in [0.25, 0.3) is 5.91 Å². The molecule has 0 bridgehead atoms. The first-order chi connectivity index (χ1) is 23.3. The van der Waals surface area contributed by atoms with Crippen molar-refractivity contribution in [1.29, 1.82) is 0 Å². The number of fused-ring (bicyclic) bond motifs is 1. The molecule has 8 nitrogen and oxygen atoms in total. The lowest BCUT2D eigenvalue weighted by atomic mass is 9.99. The van der Waals surface area contributed by atoms with Crippen molar-refractivity contribution in [2.75, 3.05) is 43.5 Å². The molecule has 3 N–H and O–H groups in total. The van der Waals surface area contributed by atoms with E-state index >= 15 is 0 Å². The lowest BCUT2D eigenvalue weighted by Gasteiger charge is -2.31. The minimum atomic E-state index is -0.314. The number of anilines is 2. The Balaban J connectivity index is 1.42. The van der Waals surface area contributed by atoms with Crippen LogP contribution in [0.15, 0.2) is 91.3 Å². The van der Waals surface area contributed by atoms with E-state index in [1.807, 2.05) is 78.9 Å². The molecule has 2 aromatic heterocycles. The van der Waals surface area contributed by atoms with Crippen molar-refractivity contribution in [1.82, 2.24) is 19.9 Å². The van der Waals surface area contributed by atoms with Crippen LogP contribution in [0.3, 0.4) is 0 Å². The third-order valence-electron chi connectivity index (χ3n) is 8.80. The van der Waals surface area contributed by atoms with Gasteiger partial charge in [-0.1, -0.05) is 77.3 Å². The molecule has 0 spiro atoms. The van der Waals surface area contributed by atoms with Crippen molar-refractivity contribution in [3.8, 4) is 28.3 Å². The maximum Gasteiger partial charge on any atom is 0.272 e. The normalized spacial score (nSPS) is 13.9. The standard InChI is InChI=1S/C37H33Cl3N6O2/c1-22(27-11-8-24(38)18-29(27)40)46-21-42-34(23-6-4-3-5-7-23)36(46)33-28-12-9-25(39)19-30(28)43-35(33)37(47)44-31-20-26(48-2)10-13-32(31)45-16-14-41-15-17-45/h3-13,18-22,41,43H,14-17H2,1-2H3,(H,44,47)/t22-/m0/s1. The molecule has 6 aromatic rings. The summed E-state index contributed by atoms with van der Waals surface area (Å²) < 4.78 is 7.62. The number of piperazine rings is 1. The number of nitrogens with zero attached hydrogens (tertiary/aromatic N) is 3. The van der Waals surface area contributed by atoms with Gasteiger partial charge in [0, 0.05) is 69.3 Å². The number of carbonyl (C=O) groups excluding carboxylic acids is 1. The number of carbonyl (C=O) groups is 1. The van der Waals surface area contributed by atoms with Crippen LogP contribution in [0.4, 0.5) is 11.4 Å². The summed E-state index contributed by atoms with van der Waals surface area (Å²) in [7, 11) is 1.62. The fraction of sp³-hybridized carbons (Fsp3) is 0.189. The minimum absolute atomic E-state index is 0.263. The quantitative estimate of drug-likeness (QED) is 0.148. The number of amides is 1. The summed E-state index contributed by atoms with van der Waals surface area (Å²) in [5.41, 5.74) is 6.61. The van der Waals surface area contributed by atoms with Crippen molar-refractivity contribution >= 4 is 63.0 Å². The van der Waals surface area contributed by atoms with E-state index in [0.717, 1.165) is 65.3 Å². The van der Waals surface area contributed by atoms with E-state index in [2.05, 4.69) is 32.0 Å². The highest BCUT2D eigenvalue weighted by molar-refractivity contribution is 6.35. The number of benzene rings is 4. The highest BCUT2D eigenvalue weighted by atomic mass is 35.5. The van der Waals surface area contributed by atoms with Gasteiger partial charge < -0.3 is 29.8 Å². The zero-order chi connectivity index (χ0) is 33.4. The summed E-state index contributed by atoms with van der Waals surface area (Å²) in [6, 6.07) is 26.5. The summed E-state index contributed by atoms with van der Waals surface area (Å²) in [4.78, 5) is 25.2. The van der Waals surface area contributed by atoms with Gasteiger partial charge in [0.2, 0.25) is 0 Å². The van der Waals surface area contributed by atoms with Crippen molar-refractivity contribution < 1.29 is 9.53 Å². The van der Waals surface area contributed by atoms with Crippen LogP contribution in [0.1, 0.15) is 29.0 Å². The number of methoxy groups -OCH3 is 1. The zero-order valence-electron chi connectivity index (χ0n) is 26.4. The Hall–Kier alpha value is -4.47. The van der Waals surface area contributed by atoms with Crippen LogP contribution in [-0.2, 0) is 0 Å². The second-order valence-electron chi connectivity index (χ2n) is 11.7. The Labute approximate surface area is 293 Å². The lowest BCUT2D eigenvalue weighted by Crippen LogP contribution is -2.43. The number of aromatic amines is 1. The summed E-state index contributed by atoms with van der Waals surface area (Å²) >= 11 is 19.5. The molecular weight excluding hydrogens is 667 g/mol. The molecule has 3 heterocycles. The second-order valence-corrected chi connectivity index (χ2v) is 13.0. The Morgan fingerprint density at radius 2 is 1.69 bits per heavy atom. The topological polar surface area (TPSA) is 87.2 Å². The van der Waals surface area contributed by atoms with E-state index in [4.69, 9.17) is 44.5 Å². The average molecular weight is 700 g/mol. The van der Waals surface area contributed by atoms with Crippen LogP contribution >= 0.6 is 34.8 Å². The minimum Gasteiger partial charge on any atom is -0.497 e.